The van der Waals surface area contributed by atoms with Crippen LogP contribution in [0.15, 0.2) is 48.5 Å². The average Bonchev–Trinajstić information content (AvgIpc) is 2.46. The van der Waals surface area contributed by atoms with Gasteiger partial charge in [0.15, 0.2) is 0 Å². The molecular weight excluding hydrogens is 290 g/mol. The zero-order valence-corrected chi connectivity index (χ0v) is 11.9. The number of carbonyl (C=O) groups is 2. The summed E-state index contributed by atoms with van der Waals surface area (Å²) in [5.74, 6) is -0.175. The van der Waals surface area contributed by atoms with E-state index in [1.165, 1.54) is 0 Å². The Balaban J connectivity index is 1.92. The maximum absolute atomic E-state index is 11.9. The van der Waals surface area contributed by atoms with Crippen LogP contribution in [0, 0.1) is 0 Å². The highest BCUT2D eigenvalue weighted by atomic mass is 35.5. The summed E-state index contributed by atoms with van der Waals surface area (Å²) in [6.07, 6.45) is 0. The number of rotatable bonds is 4. The molecule has 4 N–H and O–H groups in total. The molecule has 0 radical (unpaired) electrons. The predicted molar refractivity (Wildman–Crippen MR) is 82.3 cm³/mol. The molecule has 0 fully saturated rings. The van der Waals surface area contributed by atoms with Crippen molar-refractivity contribution in [1.82, 2.24) is 5.32 Å². The lowest BCUT2D eigenvalue weighted by Crippen LogP contribution is -2.22. The van der Waals surface area contributed by atoms with E-state index in [0.717, 1.165) is 5.56 Å². The van der Waals surface area contributed by atoms with Gasteiger partial charge in [0, 0.05) is 22.8 Å². The first-order valence-electron chi connectivity index (χ1n) is 6.24. The number of benzene rings is 2. The van der Waals surface area contributed by atoms with E-state index in [4.69, 9.17) is 17.3 Å². The van der Waals surface area contributed by atoms with Gasteiger partial charge in [0.2, 0.25) is 0 Å². The maximum atomic E-state index is 11.9. The smallest absolute Gasteiger partial charge is 0.316 e. The van der Waals surface area contributed by atoms with Crippen molar-refractivity contribution in [3.05, 3.63) is 64.7 Å². The van der Waals surface area contributed by atoms with Crippen molar-refractivity contribution in [3.63, 3.8) is 0 Å². The zero-order chi connectivity index (χ0) is 15.2. The van der Waals surface area contributed by atoms with Gasteiger partial charge in [-0.25, -0.2) is 4.79 Å². The second-order valence-corrected chi connectivity index (χ2v) is 4.81. The van der Waals surface area contributed by atoms with Crippen LogP contribution >= 0.6 is 11.6 Å². The minimum atomic E-state index is -0.612. The van der Waals surface area contributed by atoms with Crippen molar-refractivity contribution in [2.75, 3.05) is 5.32 Å². The maximum Gasteiger partial charge on any atom is 0.316 e. The summed E-state index contributed by atoms with van der Waals surface area (Å²) in [7, 11) is 0. The van der Waals surface area contributed by atoms with Gasteiger partial charge < -0.3 is 16.4 Å². The van der Waals surface area contributed by atoms with Crippen molar-refractivity contribution in [3.8, 4) is 0 Å². The summed E-state index contributed by atoms with van der Waals surface area (Å²) in [5, 5.41) is 5.85. The number of primary amides is 1. The Kier molecular flexibility index (Phi) is 4.79. The highest BCUT2D eigenvalue weighted by Crippen LogP contribution is 2.11. The molecule has 0 atom stereocenters. The van der Waals surface area contributed by atoms with E-state index < -0.39 is 6.03 Å². The number of carbonyl (C=O) groups excluding carboxylic acids is 2. The van der Waals surface area contributed by atoms with Crippen molar-refractivity contribution in [2.24, 2.45) is 5.73 Å². The number of nitrogens with two attached hydrogens (primary N) is 1. The summed E-state index contributed by atoms with van der Waals surface area (Å²) in [6.45, 7) is 0.387. The van der Waals surface area contributed by atoms with Crippen LogP contribution in [0.3, 0.4) is 0 Å². The first-order valence-corrected chi connectivity index (χ1v) is 6.61. The molecule has 0 aromatic heterocycles. The lowest BCUT2D eigenvalue weighted by atomic mass is 10.2. The molecule has 0 aliphatic carbocycles. The molecule has 3 amide bonds. The number of hydrogen-bond donors (Lipinski definition) is 3. The second kappa shape index (κ2) is 6.76. The molecule has 0 saturated carbocycles. The summed E-state index contributed by atoms with van der Waals surface area (Å²) in [5.41, 5.74) is 7.08. The predicted octanol–water partition coefficient (Wildman–Crippen LogP) is 2.76. The minimum Gasteiger partial charge on any atom is -0.351 e. The van der Waals surface area contributed by atoms with Crippen LogP contribution in [0.25, 0.3) is 0 Å². The Bertz CT molecular complexity index is 639. The van der Waals surface area contributed by atoms with E-state index in [2.05, 4.69) is 10.6 Å². The number of anilines is 1. The minimum absolute atomic E-state index is 0.175. The highest BCUT2D eigenvalue weighted by Gasteiger charge is 2.05. The monoisotopic (exact) mass is 303 g/mol. The standard InChI is InChI=1S/C15H14ClN3O2/c16-12-5-3-11(4-6-12)14(20)18-9-10-1-7-13(8-2-10)19-15(17)21/h1-8H,9H2,(H,18,20)(H3,17,19,21). The summed E-state index contributed by atoms with van der Waals surface area (Å²) in [6, 6.07) is 13.1. The largest absolute Gasteiger partial charge is 0.351 e. The lowest BCUT2D eigenvalue weighted by Gasteiger charge is -2.07. The summed E-state index contributed by atoms with van der Waals surface area (Å²) < 4.78 is 0. The quantitative estimate of drug-likeness (QED) is 0.811. The van der Waals surface area contributed by atoms with Gasteiger partial charge in [-0.2, -0.15) is 0 Å². The van der Waals surface area contributed by atoms with E-state index in [-0.39, 0.29) is 5.91 Å². The Morgan fingerprint density at radius 1 is 1.00 bits per heavy atom. The molecule has 2 aromatic carbocycles. The highest BCUT2D eigenvalue weighted by molar-refractivity contribution is 6.30. The number of hydrogen-bond acceptors (Lipinski definition) is 2. The van der Waals surface area contributed by atoms with Crippen molar-refractivity contribution >= 4 is 29.2 Å². The molecule has 0 aliphatic heterocycles. The number of urea groups is 1. The second-order valence-electron chi connectivity index (χ2n) is 4.38. The van der Waals surface area contributed by atoms with Crippen molar-refractivity contribution < 1.29 is 9.59 Å². The van der Waals surface area contributed by atoms with E-state index >= 15 is 0 Å². The SMILES string of the molecule is NC(=O)Nc1ccc(CNC(=O)c2ccc(Cl)cc2)cc1. The average molecular weight is 304 g/mol. The molecular formula is C15H14ClN3O2. The van der Waals surface area contributed by atoms with E-state index in [1.54, 1.807) is 48.5 Å². The normalized spacial score (nSPS) is 9.95. The van der Waals surface area contributed by atoms with Gasteiger partial charge in [0.25, 0.3) is 5.91 Å². The molecule has 6 heteroatoms. The van der Waals surface area contributed by atoms with E-state index in [9.17, 15) is 9.59 Å². The molecule has 0 spiro atoms. The molecule has 0 saturated heterocycles. The van der Waals surface area contributed by atoms with Gasteiger partial charge >= 0.3 is 6.03 Å². The number of amides is 3. The fraction of sp³-hybridized carbons (Fsp3) is 0.0667. The van der Waals surface area contributed by atoms with Crippen LogP contribution < -0.4 is 16.4 Å². The molecule has 0 heterocycles. The Hall–Kier alpha value is -2.53. The zero-order valence-electron chi connectivity index (χ0n) is 11.1. The molecule has 5 nitrogen and oxygen atoms in total. The fourth-order valence-electron chi connectivity index (χ4n) is 1.73. The van der Waals surface area contributed by atoms with Crippen LogP contribution in [0.1, 0.15) is 15.9 Å². The Morgan fingerprint density at radius 2 is 1.62 bits per heavy atom. The lowest BCUT2D eigenvalue weighted by molar-refractivity contribution is 0.0951. The third-order valence-corrected chi connectivity index (χ3v) is 3.03. The first-order chi connectivity index (χ1) is 10.0. The van der Waals surface area contributed by atoms with Crippen LogP contribution in [-0.2, 0) is 6.54 Å². The molecule has 108 valence electrons. The number of nitrogens with one attached hydrogen (secondary N) is 2. The van der Waals surface area contributed by atoms with Gasteiger partial charge in [0.05, 0.1) is 0 Å². The van der Waals surface area contributed by atoms with Gasteiger partial charge in [-0.05, 0) is 42.0 Å². The van der Waals surface area contributed by atoms with Gasteiger partial charge in [-0.1, -0.05) is 23.7 Å². The third-order valence-electron chi connectivity index (χ3n) is 2.78. The Labute approximate surface area is 127 Å². The molecule has 0 unspecified atom stereocenters. The van der Waals surface area contributed by atoms with Gasteiger partial charge in [0.1, 0.15) is 0 Å². The van der Waals surface area contributed by atoms with E-state index in [1.807, 2.05) is 0 Å². The third kappa shape index (κ3) is 4.50. The topological polar surface area (TPSA) is 84.2 Å². The van der Waals surface area contributed by atoms with Crippen LogP contribution in [0.5, 0.6) is 0 Å². The van der Waals surface area contributed by atoms with Crippen LogP contribution in [0.2, 0.25) is 5.02 Å². The van der Waals surface area contributed by atoms with Crippen molar-refractivity contribution in [1.29, 1.82) is 0 Å². The van der Waals surface area contributed by atoms with Gasteiger partial charge in [-0.3, -0.25) is 4.79 Å². The van der Waals surface area contributed by atoms with E-state index in [0.29, 0.717) is 22.8 Å². The molecule has 0 bridgehead atoms. The van der Waals surface area contributed by atoms with Crippen LogP contribution in [-0.4, -0.2) is 11.9 Å². The van der Waals surface area contributed by atoms with Crippen molar-refractivity contribution in [2.45, 2.75) is 6.54 Å². The molecule has 2 aromatic rings. The Morgan fingerprint density at radius 3 is 2.19 bits per heavy atom. The summed E-state index contributed by atoms with van der Waals surface area (Å²) in [4.78, 5) is 22.6. The molecule has 0 aliphatic rings. The molecule has 2 rings (SSSR count). The first kappa shape index (κ1) is 14.9. The number of halogens is 1. The molecule has 21 heavy (non-hydrogen) atoms. The fourth-order valence-corrected chi connectivity index (χ4v) is 1.86. The van der Waals surface area contributed by atoms with Crippen LogP contribution in [0.4, 0.5) is 10.5 Å². The van der Waals surface area contributed by atoms with Gasteiger partial charge in [-0.15, -0.1) is 0 Å². The summed E-state index contributed by atoms with van der Waals surface area (Å²) >= 11 is 5.77.